The van der Waals surface area contributed by atoms with Gasteiger partial charge in [-0.3, -0.25) is 4.79 Å². The smallest absolute Gasteiger partial charge is 0.187 e. The molecular formula is C33H54O12. The number of aliphatic hydroxyl groups is 9. The zero-order valence-corrected chi connectivity index (χ0v) is 27.0. The zero-order valence-electron chi connectivity index (χ0n) is 27.0. The molecule has 0 aromatic carbocycles. The van der Waals surface area contributed by atoms with Crippen molar-refractivity contribution in [1.29, 1.82) is 0 Å². The first kappa shape index (κ1) is 35.3. The van der Waals surface area contributed by atoms with E-state index in [1.807, 2.05) is 13.8 Å². The fraction of sp³-hybridized carbons (Fsp3) is 0.909. The SMILES string of the molecule is CC(C)(O)CC[C@@H](O[C@@H]1O[C@H](CO)[C@@H](O)[C@H](O)[C@H]1O)[C@](C)(O)[C@H]1CC[C@@]2(O)C3=CC(=O)[C@H]4C[C@@H](O)[C@@H](O)C[C@]4(C)[C@H]3CC[C@]12C. The molecule has 0 amide bonds. The van der Waals surface area contributed by atoms with Crippen LogP contribution in [0.2, 0.25) is 0 Å². The summed E-state index contributed by atoms with van der Waals surface area (Å²) in [5.41, 5.74) is -5.20. The van der Waals surface area contributed by atoms with Crippen molar-refractivity contribution in [2.45, 2.75) is 152 Å². The van der Waals surface area contributed by atoms with Gasteiger partial charge in [0.1, 0.15) is 24.4 Å². The van der Waals surface area contributed by atoms with Gasteiger partial charge < -0.3 is 55.4 Å². The Kier molecular flexibility index (Phi) is 9.28. The minimum Gasteiger partial charge on any atom is -0.394 e. The summed E-state index contributed by atoms with van der Waals surface area (Å²) in [6, 6.07) is 0. The average Bonchev–Trinajstić information content (AvgIpc) is 3.23. The van der Waals surface area contributed by atoms with Crippen molar-refractivity contribution in [1.82, 2.24) is 0 Å². The Morgan fingerprint density at radius 3 is 2.27 bits per heavy atom. The monoisotopic (exact) mass is 642 g/mol. The summed E-state index contributed by atoms with van der Waals surface area (Å²) >= 11 is 0. The summed E-state index contributed by atoms with van der Waals surface area (Å²) < 4.78 is 11.8. The van der Waals surface area contributed by atoms with Crippen LogP contribution in [0.3, 0.4) is 0 Å². The van der Waals surface area contributed by atoms with E-state index in [0.717, 1.165) is 0 Å². The molecule has 0 bridgehead atoms. The predicted molar refractivity (Wildman–Crippen MR) is 159 cm³/mol. The molecule has 1 heterocycles. The molecule has 0 radical (unpaired) electrons. The number of carbonyl (C=O) groups excluding carboxylic acids is 1. The molecule has 3 saturated carbocycles. The summed E-state index contributed by atoms with van der Waals surface area (Å²) in [5.74, 6) is -1.40. The maximum Gasteiger partial charge on any atom is 0.187 e. The van der Waals surface area contributed by atoms with E-state index >= 15 is 0 Å². The normalized spacial score (nSPS) is 48.9. The van der Waals surface area contributed by atoms with Crippen LogP contribution in [0.25, 0.3) is 0 Å². The van der Waals surface area contributed by atoms with Gasteiger partial charge in [-0.2, -0.15) is 0 Å². The number of carbonyl (C=O) groups is 1. The van der Waals surface area contributed by atoms with Gasteiger partial charge in [0.25, 0.3) is 0 Å². The first-order valence-electron chi connectivity index (χ1n) is 16.5. The van der Waals surface area contributed by atoms with Crippen LogP contribution in [0.15, 0.2) is 11.6 Å². The van der Waals surface area contributed by atoms with Crippen molar-refractivity contribution < 1.29 is 60.2 Å². The number of aliphatic hydroxyl groups excluding tert-OH is 6. The number of ether oxygens (including phenoxy) is 2. The first-order valence-corrected chi connectivity index (χ1v) is 16.5. The summed E-state index contributed by atoms with van der Waals surface area (Å²) in [4.78, 5) is 13.5. The van der Waals surface area contributed by atoms with E-state index in [-0.39, 0.29) is 43.8 Å². The highest BCUT2D eigenvalue weighted by Gasteiger charge is 2.69. The van der Waals surface area contributed by atoms with Crippen molar-refractivity contribution in [3.8, 4) is 0 Å². The Bertz CT molecular complexity index is 1150. The van der Waals surface area contributed by atoms with Crippen LogP contribution in [0.4, 0.5) is 0 Å². The van der Waals surface area contributed by atoms with Crippen LogP contribution in [0.5, 0.6) is 0 Å². The van der Waals surface area contributed by atoms with Gasteiger partial charge in [0, 0.05) is 11.3 Å². The second-order valence-electron chi connectivity index (χ2n) is 16.0. The molecule has 0 unspecified atom stereocenters. The molecule has 0 spiro atoms. The lowest BCUT2D eigenvalue weighted by molar-refractivity contribution is -0.328. The maximum atomic E-state index is 13.5. The molecule has 1 aliphatic heterocycles. The largest absolute Gasteiger partial charge is 0.394 e. The lowest BCUT2D eigenvalue weighted by atomic mass is 9.45. The summed E-state index contributed by atoms with van der Waals surface area (Å²) in [7, 11) is 0. The molecule has 0 aromatic heterocycles. The van der Waals surface area contributed by atoms with Crippen molar-refractivity contribution in [3.05, 3.63) is 11.6 Å². The lowest BCUT2D eigenvalue weighted by Gasteiger charge is -2.61. The van der Waals surface area contributed by atoms with Gasteiger partial charge in [0.05, 0.1) is 41.7 Å². The maximum absolute atomic E-state index is 13.5. The minimum atomic E-state index is -1.69. The molecule has 45 heavy (non-hydrogen) atoms. The predicted octanol–water partition coefficient (Wildman–Crippen LogP) is -0.322. The number of hydrogen-bond donors (Lipinski definition) is 9. The number of fused-ring (bicyclic) bond motifs is 5. The van der Waals surface area contributed by atoms with Crippen LogP contribution in [0, 0.1) is 28.6 Å². The molecule has 15 atom stereocenters. The second kappa shape index (κ2) is 11.8. The average molecular weight is 643 g/mol. The number of ketones is 1. The van der Waals surface area contributed by atoms with E-state index in [2.05, 4.69) is 0 Å². The van der Waals surface area contributed by atoms with E-state index in [9.17, 15) is 50.8 Å². The van der Waals surface area contributed by atoms with E-state index in [4.69, 9.17) is 9.47 Å². The molecule has 12 nitrogen and oxygen atoms in total. The molecule has 5 aliphatic rings. The van der Waals surface area contributed by atoms with E-state index in [0.29, 0.717) is 24.8 Å². The first-order chi connectivity index (χ1) is 20.7. The number of allylic oxidation sites excluding steroid dienone is 1. The Labute approximate surface area is 264 Å². The number of rotatable bonds is 8. The third kappa shape index (κ3) is 5.65. The quantitative estimate of drug-likeness (QED) is 0.166. The fourth-order valence-electron chi connectivity index (χ4n) is 9.86. The fourth-order valence-corrected chi connectivity index (χ4v) is 9.86. The second-order valence-corrected chi connectivity index (χ2v) is 16.0. The van der Waals surface area contributed by atoms with Crippen LogP contribution < -0.4 is 0 Å². The summed E-state index contributed by atoms with van der Waals surface area (Å²) in [5, 5.41) is 97.6. The molecule has 9 N–H and O–H groups in total. The van der Waals surface area contributed by atoms with Crippen molar-refractivity contribution in [2.24, 2.45) is 28.6 Å². The van der Waals surface area contributed by atoms with Gasteiger partial charge in [0.15, 0.2) is 12.1 Å². The van der Waals surface area contributed by atoms with Gasteiger partial charge in [-0.05, 0) is 101 Å². The van der Waals surface area contributed by atoms with Gasteiger partial charge in [-0.15, -0.1) is 0 Å². The third-order valence-corrected chi connectivity index (χ3v) is 12.6. The van der Waals surface area contributed by atoms with E-state index < -0.39 is 95.1 Å². The topological polar surface area (TPSA) is 218 Å². The Morgan fingerprint density at radius 1 is 0.978 bits per heavy atom. The van der Waals surface area contributed by atoms with Crippen molar-refractivity contribution >= 4 is 5.78 Å². The highest BCUT2D eigenvalue weighted by atomic mass is 16.7. The molecule has 0 aromatic rings. The molecule has 4 fully saturated rings. The van der Waals surface area contributed by atoms with Gasteiger partial charge in [-0.25, -0.2) is 0 Å². The van der Waals surface area contributed by atoms with Crippen molar-refractivity contribution in [3.63, 3.8) is 0 Å². The van der Waals surface area contributed by atoms with Gasteiger partial charge in [0.2, 0.25) is 0 Å². The minimum absolute atomic E-state index is 0.111. The Hall–Kier alpha value is -1.03. The summed E-state index contributed by atoms with van der Waals surface area (Å²) in [6.07, 6.45) is -6.69. The van der Waals surface area contributed by atoms with Crippen molar-refractivity contribution in [2.75, 3.05) is 6.61 Å². The van der Waals surface area contributed by atoms with Gasteiger partial charge in [-0.1, -0.05) is 13.8 Å². The standard InChI is InChI=1S/C33H54O12/c1-29(2,41)9-8-24(45-28-27(40)26(39)25(38)22(15-34)44-28)32(5,42)23-7-11-33(43)17-12-19(35)18-13-20(36)21(37)14-30(18,3)16(17)6-10-31(23,33)4/h12,16,18,20-28,34,36-43H,6-11,13-15H2,1-5H3/t16-,18+,20+,21-,22+,23-,24+,25+,26-,27+,28-,30+,31+,32+,33+/m0/s1. The third-order valence-electron chi connectivity index (χ3n) is 12.6. The zero-order chi connectivity index (χ0) is 33.5. The number of hydrogen-bond acceptors (Lipinski definition) is 12. The van der Waals surface area contributed by atoms with E-state index in [1.54, 1.807) is 26.8 Å². The van der Waals surface area contributed by atoms with Crippen LogP contribution in [-0.4, -0.2) is 124 Å². The molecule has 4 aliphatic carbocycles. The van der Waals surface area contributed by atoms with Crippen LogP contribution in [0.1, 0.15) is 86.0 Å². The highest BCUT2D eigenvalue weighted by molar-refractivity contribution is 5.95. The molecular weight excluding hydrogens is 588 g/mol. The molecule has 5 rings (SSSR count). The van der Waals surface area contributed by atoms with E-state index in [1.165, 1.54) is 0 Å². The Morgan fingerprint density at radius 2 is 1.64 bits per heavy atom. The molecule has 258 valence electrons. The van der Waals surface area contributed by atoms with Gasteiger partial charge >= 0.3 is 0 Å². The van der Waals surface area contributed by atoms with Crippen LogP contribution >= 0.6 is 0 Å². The molecule has 1 saturated heterocycles. The Balaban J connectivity index is 1.47. The summed E-state index contributed by atoms with van der Waals surface area (Å²) in [6.45, 7) is 8.06. The molecule has 12 heteroatoms. The van der Waals surface area contributed by atoms with Crippen LogP contribution in [-0.2, 0) is 14.3 Å². The highest BCUT2D eigenvalue weighted by Crippen LogP contribution is 2.68. The lowest BCUT2D eigenvalue weighted by Crippen LogP contribution is -2.64.